The van der Waals surface area contributed by atoms with Gasteiger partial charge in [0.05, 0.1) is 16.6 Å². The number of benzene rings is 1. The number of hydrogen-bond acceptors (Lipinski definition) is 5. The number of methoxy groups -OCH3 is 1. The van der Waals surface area contributed by atoms with Crippen molar-refractivity contribution >= 4 is 40.5 Å². The van der Waals surface area contributed by atoms with Gasteiger partial charge in [-0.3, -0.25) is 9.59 Å². The summed E-state index contributed by atoms with van der Waals surface area (Å²) >= 11 is 7.95. The summed E-state index contributed by atoms with van der Waals surface area (Å²) in [6.07, 6.45) is 0.575. The van der Waals surface area contributed by atoms with E-state index in [1.807, 2.05) is 35.7 Å². The Bertz CT molecular complexity index is 854. The van der Waals surface area contributed by atoms with Crippen molar-refractivity contribution in [2.24, 2.45) is 5.10 Å². The van der Waals surface area contributed by atoms with Crippen molar-refractivity contribution in [1.82, 2.24) is 9.91 Å². The van der Waals surface area contributed by atoms with Gasteiger partial charge in [0, 0.05) is 25.6 Å². The SMILES string of the molecule is COCC(=O)N(C)CC(=O)N1N=C(c2cccs2)C[C@H]1c1ccccc1Cl. The van der Waals surface area contributed by atoms with Crippen molar-refractivity contribution < 1.29 is 14.3 Å². The Hall–Kier alpha value is -2.22. The first kappa shape index (κ1) is 19.5. The number of hydrazone groups is 1. The molecule has 6 nitrogen and oxygen atoms in total. The Kier molecular flexibility index (Phi) is 6.26. The molecule has 27 heavy (non-hydrogen) atoms. The average molecular weight is 406 g/mol. The van der Waals surface area contributed by atoms with E-state index in [-0.39, 0.29) is 31.0 Å². The van der Waals surface area contributed by atoms with Gasteiger partial charge in [-0.25, -0.2) is 5.01 Å². The molecular formula is C19H20ClN3O3S. The number of nitrogens with zero attached hydrogens (tertiary/aromatic N) is 3. The Balaban J connectivity index is 1.86. The lowest BCUT2D eigenvalue weighted by Crippen LogP contribution is -2.40. The van der Waals surface area contributed by atoms with Gasteiger partial charge in [-0.1, -0.05) is 35.9 Å². The molecule has 0 spiro atoms. The first-order valence-corrected chi connectivity index (χ1v) is 9.67. The molecule has 0 fully saturated rings. The van der Waals surface area contributed by atoms with Crippen LogP contribution in [-0.4, -0.2) is 54.7 Å². The fourth-order valence-corrected chi connectivity index (χ4v) is 3.90. The fraction of sp³-hybridized carbons (Fsp3) is 0.316. The summed E-state index contributed by atoms with van der Waals surface area (Å²) in [5.74, 6) is -0.528. The van der Waals surface area contributed by atoms with Gasteiger partial charge in [-0.15, -0.1) is 11.3 Å². The van der Waals surface area contributed by atoms with Crippen LogP contribution >= 0.6 is 22.9 Å². The predicted molar refractivity (Wildman–Crippen MR) is 106 cm³/mol. The second-order valence-electron chi connectivity index (χ2n) is 6.19. The predicted octanol–water partition coefficient (Wildman–Crippen LogP) is 3.18. The molecule has 1 aromatic heterocycles. The molecule has 0 radical (unpaired) electrons. The number of carbonyl (C=O) groups is 2. The van der Waals surface area contributed by atoms with Crippen LogP contribution in [0.25, 0.3) is 0 Å². The van der Waals surface area contributed by atoms with Gasteiger partial charge in [0.15, 0.2) is 0 Å². The van der Waals surface area contributed by atoms with Crippen molar-refractivity contribution in [1.29, 1.82) is 0 Å². The minimum absolute atomic E-state index is 0.0680. The van der Waals surface area contributed by atoms with Gasteiger partial charge >= 0.3 is 0 Å². The highest BCUT2D eigenvalue weighted by molar-refractivity contribution is 7.12. The lowest BCUT2D eigenvalue weighted by molar-refractivity contribution is -0.142. The zero-order chi connectivity index (χ0) is 19.4. The quantitative estimate of drug-likeness (QED) is 0.741. The monoisotopic (exact) mass is 405 g/mol. The fourth-order valence-electron chi connectivity index (χ4n) is 2.92. The minimum Gasteiger partial charge on any atom is -0.375 e. The van der Waals surface area contributed by atoms with Crippen molar-refractivity contribution in [2.45, 2.75) is 12.5 Å². The average Bonchev–Trinajstić information content (AvgIpc) is 3.32. The summed E-state index contributed by atoms with van der Waals surface area (Å²) in [6, 6.07) is 11.1. The van der Waals surface area contributed by atoms with Crippen molar-refractivity contribution in [3.63, 3.8) is 0 Å². The van der Waals surface area contributed by atoms with Crippen LogP contribution < -0.4 is 0 Å². The molecule has 0 unspecified atom stereocenters. The summed E-state index contributed by atoms with van der Waals surface area (Å²) in [6.45, 7) is -0.147. The Morgan fingerprint density at radius 1 is 1.33 bits per heavy atom. The van der Waals surface area contributed by atoms with E-state index in [4.69, 9.17) is 16.3 Å². The van der Waals surface area contributed by atoms with E-state index in [9.17, 15) is 9.59 Å². The summed E-state index contributed by atoms with van der Waals surface area (Å²) in [7, 11) is 3.02. The van der Waals surface area contributed by atoms with E-state index in [1.54, 1.807) is 24.5 Å². The molecule has 1 aliphatic rings. The van der Waals surface area contributed by atoms with Crippen LogP contribution in [0, 0.1) is 0 Å². The molecule has 0 saturated carbocycles. The largest absolute Gasteiger partial charge is 0.375 e. The third-order valence-electron chi connectivity index (χ3n) is 4.30. The van der Waals surface area contributed by atoms with E-state index in [0.29, 0.717) is 11.4 Å². The molecule has 2 aromatic rings. The Morgan fingerprint density at radius 3 is 2.78 bits per heavy atom. The molecular weight excluding hydrogens is 386 g/mol. The van der Waals surface area contributed by atoms with Crippen molar-refractivity contribution in [3.8, 4) is 0 Å². The number of likely N-dealkylation sites (N-methyl/N-ethyl adjacent to an activating group) is 1. The first-order valence-electron chi connectivity index (χ1n) is 8.42. The van der Waals surface area contributed by atoms with E-state index in [0.717, 1.165) is 16.2 Å². The Labute approximate surface area is 167 Å². The van der Waals surface area contributed by atoms with Crippen LogP contribution in [0.5, 0.6) is 0 Å². The summed E-state index contributed by atoms with van der Waals surface area (Å²) < 4.78 is 4.84. The van der Waals surface area contributed by atoms with Crippen molar-refractivity contribution in [2.75, 3.05) is 27.3 Å². The third kappa shape index (κ3) is 4.37. The van der Waals surface area contributed by atoms with Crippen LogP contribution in [0.15, 0.2) is 46.9 Å². The zero-order valence-corrected chi connectivity index (χ0v) is 16.7. The standard InChI is InChI=1S/C19H20ClN3O3S/c1-22(19(25)12-26-2)11-18(24)23-16(13-6-3-4-7-14(13)20)10-15(21-23)17-8-5-9-27-17/h3-9,16H,10-12H2,1-2H3/t16-/m0/s1. The smallest absolute Gasteiger partial charge is 0.262 e. The zero-order valence-electron chi connectivity index (χ0n) is 15.1. The number of thiophene rings is 1. The lowest BCUT2D eigenvalue weighted by atomic mass is 10.0. The van der Waals surface area contributed by atoms with Crippen LogP contribution in [0.2, 0.25) is 5.02 Å². The second kappa shape index (κ2) is 8.65. The van der Waals surface area contributed by atoms with Crippen LogP contribution in [0.1, 0.15) is 22.9 Å². The summed E-state index contributed by atoms with van der Waals surface area (Å²) in [5, 5.41) is 8.59. The molecule has 0 saturated heterocycles. The highest BCUT2D eigenvalue weighted by Gasteiger charge is 2.35. The molecule has 2 heterocycles. The number of rotatable bonds is 6. The molecule has 142 valence electrons. The van der Waals surface area contributed by atoms with E-state index in [1.165, 1.54) is 17.0 Å². The van der Waals surface area contributed by atoms with Gasteiger partial charge in [-0.05, 0) is 23.1 Å². The molecule has 1 aliphatic heterocycles. The summed E-state index contributed by atoms with van der Waals surface area (Å²) in [4.78, 5) is 27.2. The number of amides is 2. The maximum Gasteiger partial charge on any atom is 0.262 e. The van der Waals surface area contributed by atoms with E-state index < -0.39 is 0 Å². The molecule has 3 rings (SSSR count). The van der Waals surface area contributed by atoms with Gasteiger partial charge in [0.1, 0.15) is 13.2 Å². The number of halogens is 1. The number of hydrogen-bond donors (Lipinski definition) is 0. The number of carbonyl (C=O) groups excluding carboxylic acids is 2. The number of ether oxygens (including phenoxy) is 1. The highest BCUT2D eigenvalue weighted by atomic mass is 35.5. The maximum atomic E-state index is 12.9. The molecule has 0 bridgehead atoms. The summed E-state index contributed by atoms with van der Waals surface area (Å²) in [5.41, 5.74) is 1.68. The van der Waals surface area contributed by atoms with Gasteiger partial charge in [0.25, 0.3) is 5.91 Å². The highest BCUT2D eigenvalue weighted by Crippen LogP contribution is 2.36. The lowest BCUT2D eigenvalue weighted by Gasteiger charge is -2.25. The first-order chi connectivity index (χ1) is 13.0. The second-order valence-corrected chi connectivity index (χ2v) is 7.54. The molecule has 0 N–H and O–H groups in total. The van der Waals surface area contributed by atoms with Gasteiger partial charge < -0.3 is 9.64 Å². The molecule has 1 aromatic carbocycles. The molecule has 8 heteroatoms. The minimum atomic E-state index is -0.297. The third-order valence-corrected chi connectivity index (χ3v) is 5.56. The van der Waals surface area contributed by atoms with Gasteiger partial charge in [0.2, 0.25) is 5.91 Å². The van der Waals surface area contributed by atoms with Crippen LogP contribution in [0.3, 0.4) is 0 Å². The molecule has 0 aliphatic carbocycles. The molecule has 2 amide bonds. The van der Waals surface area contributed by atoms with E-state index in [2.05, 4.69) is 5.10 Å². The van der Waals surface area contributed by atoms with Gasteiger partial charge in [-0.2, -0.15) is 5.10 Å². The van der Waals surface area contributed by atoms with Crippen molar-refractivity contribution in [3.05, 3.63) is 57.2 Å². The maximum absolute atomic E-state index is 12.9. The normalized spacial score (nSPS) is 16.3. The Morgan fingerprint density at radius 2 is 2.11 bits per heavy atom. The molecule has 1 atom stereocenters. The van der Waals surface area contributed by atoms with Crippen LogP contribution in [-0.2, 0) is 14.3 Å². The van der Waals surface area contributed by atoms with Crippen LogP contribution in [0.4, 0.5) is 0 Å². The van der Waals surface area contributed by atoms with E-state index >= 15 is 0 Å². The topological polar surface area (TPSA) is 62.2 Å².